The number of esters is 1. The lowest BCUT2D eigenvalue weighted by molar-refractivity contribution is -0.140. The van der Waals surface area contributed by atoms with Crippen molar-refractivity contribution in [2.45, 2.75) is 6.42 Å². The first-order valence-electron chi connectivity index (χ1n) is 4.78. The van der Waals surface area contributed by atoms with E-state index in [0.29, 0.717) is 0 Å². The Kier molecular flexibility index (Phi) is 4.32. The molecule has 1 rings (SSSR count). The minimum absolute atomic E-state index is 0.0851. The van der Waals surface area contributed by atoms with E-state index in [0.717, 1.165) is 0 Å². The summed E-state index contributed by atoms with van der Waals surface area (Å²) in [6, 6.07) is 6.20. The van der Waals surface area contributed by atoms with Crippen LogP contribution < -0.4 is 5.32 Å². The molecule has 0 fully saturated rings. The number of nitrogens with one attached hydrogen (secondary N) is 1. The molecule has 0 spiro atoms. The first-order chi connectivity index (χ1) is 7.65. The Morgan fingerprint density at radius 3 is 2.69 bits per heavy atom. The molecule has 0 atom stereocenters. The summed E-state index contributed by atoms with van der Waals surface area (Å²) in [6.45, 7) is 0.180. The molecular weight excluding hydrogens is 210 g/mol. The topological polar surface area (TPSA) is 75.6 Å². The molecule has 16 heavy (non-hydrogen) atoms. The predicted molar refractivity (Wildman–Crippen MR) is 57.1 cm³/mol. The van der Waals surface area contributed by atoms with Crippen molar-refractivity contribution in [1.82, 2.24) is 5.32 Å². The molecule has 86 valence electrons. The first-order valence-corrected chi connectivity index (χ1v) is 4.78. The second-order valence-electron chi connectivity index (χ2n) is 3.10. The monoisotopic (exact) mass is 223 g/mol. The van der Waals surface area contributed by atoms with Gasteiger partial charge in [0.2, 0.25) is 0 Å². The second-order valence-corrected chi connectivity index (χ2v) is 3.10. The van der Waals surface area contributed by atoms with Crippen LogP contribution in [-0.4, -0.2) is 30.6 Å². The number of hydrogen-bond donors (Lipinski definition) is 2. The van der Waals surface area contributed by atoms with Crippen LogP contribution in [0, 0.1) is 0 Å². The molecule has 0 radical (unpaired) electrons. The van der Waals surface area contributed by atoms with E-state index in [4.69, 9.17) is 0 Å². The molecule has 1 aromatic rings. The van der Waals surface area contributed by atoms with Gasteiger partial charge < -0.3 is 15.2 Å². The Hall–Kier alpha value is -2.04. The van der Waals surface area contributed by atoms with Gasteiger partial charge in [-0.05, 0) is 12.1 Å². The Labute approximate surface area is 93.0 Å². The molecule has 0 heterocycles. The highest BCUT2D eigenvalue weighted by Crippen LogP contribution is 2.14. The standard InChI is InChI=1S/C11H13NO4/c1-16-10(14)6-7-12-11(15)8-4-2-3-5-9(8)13/h2-5,13H,6-7H2,1H3,(H,12,15). The molecule has 0 bridgehead atoms. The van der Waals surface area contributed by atoms with Gasteiger partial charge in [-0.25, -0.2) is 0 Å². The third-order valence-electron chi connectivity index (χ3n) is 1.99. The normalized spacial score (nSPS) is 9.56. The number of hydrogen-bond acceptors (Lipinski definition) is 4. The molecule has 0 saturated heterocycles. The number of aromatic hydroxyl groups is 1. The van der Waals surface area contributed by atoms with E-state index in [1.165, 1.54) is 19.2 Å². The SMILES string of the molecule is COC(=O)CCNC(=O)c1ccccc1O. The van der Waals surface area contributed by atoms with Crippen molar-refractivity contribution in [3.63, 3.8) is 0 Å². The van der Waals surface area contributed by atoms with Crippen molar-refractivity contribution in [1.29, 1.82) is 0 Å². The Morgan fingerprint density at radius 1 is 1.38 bits per heavy atom. The van der Waals surface area contributed by atoms with Crippen molar-refractivity contribution < 1.29 is 19.4 Å². The third kappa shape index (κ3) is 3.27. The minimum atomic E-state index is -0.415. The van der Waals surface area contributed by atoms with E-state index in [1.54, 1.807) is 12.1 Å². The van der Waals surface area contributed by atoms with E-state index in [2.05, 4.69) is 10.1 Å². The van der Waals surface area contributed by atoms with Crippen molar-refractivity contribution in [2.24, 2.45) is 0 Å². The predicted octanol–water partition coefficient (Wildman–Crippen LogP) is 0.685. The molecule has 0 aliphatic rings. The summed E-state index contributed by atoms with van der Waals surface area (Å²) in [5.41, 5.74) is 0.187. The number of benzene rings is 1. The first kappa shape index (κ1) is 12.0. The van der Waals surface area contributed by atoms with E-state index in [-0.39, 0.29) is 24.3 Å². The van der Waals surface area contributed by atoms with Crippen molar-refractivity contribution >= 4 is 11.9 Å². The molecule has 1 aromatic carbocycles. The van der Waals surface area contributed by atoms with Gasteiger partial charge in [-0.2, -0.15) is 0 Å². The molecular formula is C11H13NO4. The fraction of sp³-hybridized carbons (Fsp3) is 0.273. The van der Waals surface area contributed by atoms with Crippen LogP contribution in [0.1, 0.15) is 16.8 Å². The van der Waals surface area contributed by atoms with Crippen molar-refractivity contribution in [2.75, 3.05) is 13.7 Å². The van der Waals surface area contributed by atoms with Gasteiger partial charge >= 0.3 is 5.97 Å². The minimum Gasteiger partial charge on any atom is -0.507 e. The van der Waals surface area contributed by atoms with Gasteiger partial charge in [-0.3, -0.25) is 9.59 Å². The quantitative estimate of drug-likeness (QED) is 0.736. The number of rotatable bonds is 4. The van der Waals surface area contributed by atoms with Crippen LogP contribution in [0.15, 0.2) is 24.3 Å². The summed E-state index contributed by atoms with van der Waals surface area (Å²) in [5.74, 6) is -0.891. The fourth-order valence-corrected chi connectivity index (χ4v) is 1.14. The van der Waals surface area contributed by atoms with Crippen LogP contribution in [0.25, 0.3) is 0 Å². The molecule has 1 amide bonds. The van der Waals surface area contributed by atoms with Crippen LogP contribution >= 0.6 is 0 Å². The van der Waals surface area contributed by atoms with E-state index in [1.807, 2.05) is 0 Å². The molecule has 0 saturated carbocycles. The van der Waals surface area contributed by atoms with Gasteiger partial charge in [0.1, 0.15) is 5.75 Å². The smallest absolute Gasteiger partial charge is 0.307 e. The molecule has 0 aromatic heterocycles. The van der Waals surface area contributed by atoms with Crippen molar-refractivity contribution in [3.8, 4) is 5.75 Å². The molecule has 5 nitrogen and oxygen atoms in total. The van der Waals surface area contributed by atoms with Crippen LogP contribution in [-0.2, 0) is 9.53 Å². The highest BCUT2D eigenvalue weighted by Gasteiger charge is 2.09. The van der Waals surface area contributed by atoms with Crippen molar-refractivity contribution in [3.05, 3.63) is 29.8 Å². The summed E-state index contributed by atoms with van der Waals surface area (Å²) in [4.78, 5) is 22.3. The number of phenols is 1. The lowest BCUT2D eigenvalue weighted by Crippen LogP contribution is -2.26. The van der Waals surface area contributed by atoms with Gasteiger partial charge in [0.05, 0.1) is 19.1 Å². The Bertz CT molecular complexity index is 389. The van der Waals surface area contributed by atoms with Crippen LogP contribution in [0.2, 0.25) is 0 Å². The maximum atomic E-state index is 11.5. The van der Waals surface area contributed by atoms with Gasteiger partial charge in [0, 0.05) is 6.54 Å². The summed E-state index contributed by atoms with van der Waals surface area (Å²) in [6.07, 6.45) is 0.107. The van der Waals surface area contributed by atoms with Gasteiger partial charge in [-0.15, -0.1) is 0 Å². The van der Waals surface area contributed by atoms with Gasteiger partial charge in [0.15, 0.2) is 0 Å². The summed E-state index contributed by atoms with van der Waals surface area (Å²) in [7, 11) is 1.28. The van der Waals surface area contributed by atoms with E-state index < -0.39 is 11.9 Å². The lowest BCUT2D eigenvalue weighted by Gasteiger charge is -2.05. The maximum absolute atomic E-state index is 11.5. The number of carbonyl (C=O) groups excluding carboxylic acids is 2. The van der Waals surface area contributed by atoms with Crippen LogP contribution in [0.4, 0.5) is 0 Å². The number of methoxy groups -OCH3 is 1. The number of phenolic OH excluding ortho intramolecular Hbond substituents is 1. The maximum Gasteiger partial charge on any atom is 0.307 e. The number of para-hydroxylation sites is 1. The van der Waals surface area contributed by atoms with Crippen LogP contribution in [0.5, 0.6) is 5.75 Å². The zero-order chi connectivity index (χ0) is 12.0. The highest BCUT2D eigenvalue weighted by atomic mass is 16.5. The average Bonchev–Trinajstić information content (AvgIpc) is 2.29. The number of amides is 1. The van der Waals surface area contributed by atoms with E-state index in [9.17, 15) is 14.7 Å². The average molecular weight is 223 g/mol. The van der Waals surface area contributed by atoms with Gasteiger partial charge in [-0.1, -0.05) is 12.1 Å². The van der Waals surface area contributed by atoms with Crippen LogP contribution in [0.3, 0.4) is 0 Å². The zero-order valence-electron chi connectivity index (χ0n) is 8.90. The number of ether oxygens (including phenoxy) is 1. The third-order valence-corrected chi connectivity index (χ3v) is 1.99. The molecule has 0 unspecified atom stereocenters. The summed E-state index contributed by atoms with van der Waals surface area (Å²) >= 11 is 0. The fourth-order valence-electron chi connectivity index (χ4n) is 1.14. The highest BCUT2D eigenvalue weighted by molar-refractivity contribution is 5.96. The summed E-state index contributed by atoms with van der Waals surface area (Å²) < 4.78 is 4.42. The van der Waals surface area contributed by atoms with E-state index >= 15 is 0 Å². The van der Waals surface area contributed by atoms with Gasteiger partial charge in [0.25, 0.3) is 5.91 Å². The zero-order valence-corrected chi connectivity index (χ0v) is 8.90. The molecule has 0 aliphatic carbocycles. The molecule has 5 heteroatoms. The largest absolute Gasteiger partial charge is 0.507 e. The lowest BCUT2D eigenvalue weighted by atomic mass is 10.2. The Balaban J connectivity index is 2.47. The number of carbonyl (C=O) groups is 2. The Morgan fingerprint density at radius 2 is 2.06 bits per heavy atom. The molecule has 0 aliphatic heterocycles. The molecule has 2 N–H and O–H groups in total. The second kappa shape index (κ2) is 5.75. The summed E-state index contributed by atoms with van der Waals surface area (Å²) in [5, 5.41) is 11.9.